The van der Waals surface area contributed by atoms with Crippen molar-refractivity contribution in [2.24, 2.45) is 5.92 Å². The largest absolute Gasteiger partial charge is 0.466 e. The average molecular weight is 254 g/mol. The summed E-state index contributed by atoms with van der Waals surface area (Å²) in [6.45, 7) is 3.93. The molecule has 1 unspecified atom stereocenters. The molecule has 1 atom stereocenters. The summed E-state index contributed by atoms with van der Waals surface area (Å²) in [6.07, 6.45) is 1.21. The van der Waals surface area contributed by atoms with Crippen molar-refractivity contribution in [3.05, 3.63) is 0 Å². The van der Waals surface area contributed by atoms with Gasteiger partial charge < -0.3 is 4.74 Å². The minimum atomic E-state index is -2.89. The Bertz CT molecular complexity index is 284. The van der Waals surface area contributed by atoms with Crippen LogP contribution in [0.2, 0.25) is 0 Å². The van der Waals surface area contributed by atoms with Crippen LogP contribution >= 0.6 is 11.8 Å². The van der Waals surface area contributed by atoms with Gasteiger partial charge in [0.25, 0.3) is 0 Å². The van der Waals surface area contributed by atoms with E-state index in [0.29, 0.717) is 18.1 Å². The smallest absolute Gasteiger partial charge is 0.309 e. The van der Waals surface area contributed by atoms with Crippen LogP contribution < -0.4 is 0 Å². The first kappa shape index (κ1) is 14.8. The highest BCUT2D eigenvalue weighted by atomic mass is 32.2. The SMILES string of the molecule is CCOC(=O)C(C)CSCCS(C)(=O)=O. The lowest BCUT2D eigenvalue weighted by molar-refractivity contribution is -0.146. The van der Waals surface area contributed by atoms with Crippen LogP contribution in [-0.2, 0) is 19.4 Å². The van der Waals surface area contributed by atoms with Crippen LogP contribution in [0.4, 0.5) is 0 Å². The van der Waals surface area contributed by atoms with E-state index in [-0.39, 0.29) is 17.6 Å². The highest BCUT2D eigenvalue weighted by Crippen LogP contribution is 2.10. The number of carbonyl (C=O) groups is 1. The van der Waals surface area contributed by atoms with E-state index in [1.807, 2.05) is 0 Å². The Labute approximate surface area is 95.7 Å². The summed E-state index contributed by atoms with van der Waals surface area (Å²) in [5.41, 5.74) is 0. The Hall–Kier alpha value is -0.230. The molecule has 0 fully saturated rings. The van der Waals surface area contributed by atoms with Gasteiger partial charge in [0.2, 0.25) is 0 Å². The molecule has 0 aliphatic heterocycles. The zero-order chi connectivity index (χ0) is 11.9. The summed E-state index contributed by atoms with van der Waals surface area (Å²) < 4.78 is 26.4. The van der Waals surface area contributed by atoms with Crippen LogP contribution in [0.15, 0.2) is 0 Å². The summed E-state index contributed by atoms with van der Waals surface area (Å²) in [5.74, 6) is 0.906. The molecule has 0 saturated heterocycles. The van der Waals surface area contributed by atoms with Gasteiger partial charge in [-0.25, -0.2) is 8.42 Å². The third kappa shape index (κ3) is 8.74. The summed E-state index contributed by atoms with van der Waals surface area (Å²) in [5, 5.41) is 0. The van der Waals surface area contributed by atoms with E-state index < -0.39 is 9.84 Å². The second-order valence-electron chi connectivity index (χ2n) is 3.36. The fraction of sp³-hybridized carbons (Fsp3) is 0.889. The maximum atomic E-state index is 11.2. The van der Waals surface area contributed by atoms with Gasteiger partial charge >= 0.3 is 5.97 Å². The molecule has 0 aromatic carbocycles. The van der Waals surface area contributed by atoms with Gasteiger partial charge in [-0.3, -0.25) is 4.79 Å². The van der Waals surface area contributed by atoms with Crippen LogP contribution in [0.25, 0.3) is 0 Å². The van der Waals surface area contributed by atoms with Gasteiger partial charge in [-0.05, 0) is 6.92 Å². The lowest BCUT2D eigenvalue weighted by Crippen LogP contribution is -2.17. The number of ether oxygens (including phenoxy) is 1. The fourth-order valence-electron chi connectivity index (χ4n) is 0.823. The number of sulfone groups is 1. The lowest BCUT2D eigenvalue weighted by atomic mass is 10.2. The molecule has 15 heavy (non-hydrogen) atoms. The molecule has 0 aromatic rings. The fourth-order valence-corrected chi connectivity index (χ4v) is 3.16. The van der Waals surface area contributed by atoms with Crippen molar-refractivity contribution in [3.63, 3.8) is 0 Å². The minimum absolute atomic E-state index is 0.160. The maximum absolute atomic E-state index is 11.2. The molecular formula is C9H18O4S2. The molecule has 90 valence electrons. The van der Waals surface area contributed by atoms with Crippen LogP contribution in [0.1, 0.15) is 13.8 Å². The second-order valence-corrected chi connectivity index (χ2v) is 6.77. The van der Waals surface area contributed by atoms with Gasteiger partial charge in [0, 0.05) is 17.8 Å². The Balaban J connectivity index is 3.64. The van der Waals surface area contributed by atoms with E-state index in [2.05, 4.69) is 0 Å². The standard InChI is InChI=1S/C9H18O4S2/c1-4-13-9(10)8(2)7-14-5-6-15(3,11)12/h8H,4-7H2,1-3H3. The molecule has 6 heteroatoms. The molecule has 0 aliphatic rings. The van der Waals surface area contributed by atoms with E-state index in [0.717, 1.165) is 0 Å². The number of thioether (sulfide) groups is 1. The summed E-state index contributed by atoms with van der Waals surface area (Å²) in [7, 11) is -2.89. The third-order valence-electron chi connectivity index (χ3n) is 1.66. The number of esters is 1. The van der Waals surface area contributed by atoms with Gasteiger partial charge in [-0.1, -0.05) is 6.92 Å². The summed E-state index contributed by atoms with van der Waals surface area (Å²) in [4.78, 5) is 11.2. The number of carbonyl (C=O) groups excluding carboxylic acids is 1. The Morgan fingerprint density at radius 3 is 2.53 bits per heavy atom. The summed E-state index contributed by atoms with van der Waals surface area (Å²) >= 11 is 1.46. The molecule has 0 saturated carbocycles. The molecule has 0 heterocycles. The minimum Gasteiger partial charge on any atom is -0.466 e. The molecule has 0 N–H and O–H groups in total. The van der Waals surface area contributed by atoms with Crippen LogP contribution in [0.5, 0.6) is 0 Å². The molecule has 0 aliphatic carbocycles. The predicted octanol–water partition coefficient (Wildman–Crippen LogP) is 0.963. The van der Waals surface area contributed by atoms with Gasteiger partial charge in [0.05, 0.1) is 18.3 Å². The van der Waals surface area contributed by atoms with Crippen molar-refractivity contribution >= 4 is 27.6 Å². The first-order valence-corrected chi connectivity index (χ1v) is 8.00. The Morgan fingerprint density at radius 1 is 1.47 bits per heavy atom. The molecular weight excluding hydrogens is 236 g/mol. The zero-order valence-corrected chi connectivity index (χ0v) is 11.0. The van der Waals surface area contributed by atoms with Crippen LogP contribution in [-0.4, -0.2) is 44.5 Å². The number of rotatable bonds is 7. The second kappa shape index (κ2) is 7.11. The van der Waals surface area contributed by atoms with Gasteiger partial charge in [0.1, 0.15) is 9.84 Å². The van der Waals surface area contributed by atoms with Crippen molar-refractivity contribution in [2.45, 2.75) is 13.8 Å². The maximum Gasteiger partial charge on any atom is 0.309 e. The normalized spacial score (nSPS) is 13.5. The third-order valence-corrected chi connectivity index (χ3v) is 4.09. The predicted molar refractivity (Wildman–Crippen MR) is 62.8 cm³/mol. The van der Waals surface area contributed by atoms with Gasteiger partial charge in [-0.15, -0.1) is 0 Å². The molecule has 0 rings (SSSR count). The Kier molecular flexibility index (Phi) is 7.00. The highest BCUT2D eigenvalue weighted by molar-refractivity contribution is 8.00. The van der Waals surface area contributed by atoms with Crippen molar-refractivity contribution in [1.29, 1.82) is 0 Å². The van der Waals surface area contributed by atoms with Gasteiger partial charge in [-0.2, -0.15) is 11.8 Å². The van der Waals surface area contributed by atoms with Crippen molar-refractivity contribution in [3.8, 4) is 0 Å². The first-order chi connectivity index (χ1) is 6.87. The molecule has 0 amide bonds. The molecule has 0 aromatic heterocycles. The van der Waals surface area contributed by atoms with E-state index in [1.165, 1.54) is 18.0 Å². The van der Waals surface area contributed by atoms with E-state index in [9.17, 15) is 13.2 Å². The zero-order valence-electron chi connectivity index (χ0n) is 9.36. The quantitative estimate of drug-likeness (QED) is 0.500. The van der Waals surface area contributed by atoms with E-state index >= 15 is 0 Å². The number of hydrogen-bond donors (Lipinski definition) is 0. The molecule has 0 spiro atoms. The first-order valence-electron chi connectivity index (χ1n) is 4.79. The van der Waals surface area contributed by atoms with E-state index in [1.54, 1.807) is 13.8 Å². The molecule has 0 radical (unpaired) electrons. The highest BCUT2D eigenvalue weighted by Gasteiger charge is 2.13. The van der Waals surface area contributed by atoms with Crippen molar-refractivity contribution in [1.82, 2.24) is 0 Å². The lowest BCUT2D eigenvalue weighted by Gasteiger charge is -2.09. The summed E-state index contributed by atoms with van der Waals surface area (Å²) in [6, 6.07) is 0. The monoisotopic (exact) mass is 254 g/mol. The molecule has 4 nitrogen and oxygen atoms in total. The average Bonchev–Trinajstić information content (AvgIpc) is 2.11. The van der Waals surface area contributed by atoms with E-state index in [4.69, 9.17) is 4.74 Å². The molecule has 0 bridgehead atoms. The Morgan fingerprint density at radius 2 is 2.07 bits per heavy atom. The van der Waals surface area contributed by atoms with Crippen LogP contribution in [0, 0.1) is 5.92 Å². The topological polar surface area (TPSA) is 60.4 Å². The van der Waals surface area contributed by atoms with Crippen molar-refractivity contribution in [2.75, 3.05) is 30.1 Å². The van der Waals surface area contributed by atoms with Crippen molar-refractivity contribution < 1.29 is 17.9 Å². The number of hydrogen-bond acceptors (Lipinski definition) is 5. The van der Waals surface area contributed by atoms with Gasteiger partial charge in [0.15, 0.2) is 0 Å². The van der Waals surface area contributed by atoms with Crippen LogP contribution in [0.3, 0.4) is 0 Å².